The summed E-state index contributed by atoms with van der Waals surface area (Å²) in [5.74, 6) is 1.81. The first-order valence-electron chi connectivity index (χ1n) is 10.3. The van der Waals surface area contributed by atoms with Gasteiger partial charge in [-0.3, -0.25) is 9.69 Å². The van der Waals surface area contributed by atoms with Crippen LogP contribution in [0.25, 0.3) is 0 Å². The molecule has 0 spiro atoms. The van der Waals surface area contributed by atoms with Gasteiger partial charge >= 0.3 is 0 Å². The Morgan fingerprint density at radius 2 is 1.96 bits per heavy atom. The van der Waals surface area contributed by atoms with E-state index in [1.54, 1.807) is 0 Å². The highest BCUT2D eigenvalue weighted by Crippen LogP contribution is 2.38. The molecular weight excluding hydrogens is 344 g/mol. The topological polar surface area (TPSA) is 62.2 Å². The van der Waals surface area contributed by atoms with Crippen LogP contribution in [0.1, 0.15) is 50.1 Å². The zero-order valence-corrected chi connectivity index (χ0v) is 15.9. The molecule has 1 aliphatic carbocycles. The Morgan fingerprint density at radius 3 is 2.74 bits per heavy atom. The molecule has 1 N–H and O–H groups in total. The van der Waals surface area contributed by atoms with Gasteiger partial charge < -0.3 is 19.5 Å². The van der Waals surface area contributed by atoms with E-state index in [1.807, 2.05) is 17.0 Å². The maximum atomic E-state index is 13.1. The Morgan fingerprint density at radius 1 is 1.15 bits per heavy atom. The van der Waals surface area contributed by atoms with Crippen LogP contribution in [-0.4, -0.2) is 66.3 Å². The van der Waals surface area contributed by atoms with Gasteiger partial charge in [0.25, 0.3) is 0 Å². The van der Waals surface area contributed by atoms with Crippen LogP contribution >= 0.6 is 0 Å². The largest absolute Gasteiger partial charge is 0.486 e. The van der Waals surface area contributed by atoms with Gasteiger partial charge in [-0.2, -0.15) is 0 Å². The second-order valence-electron chi connectivity index (χ2n) is 7.78. The predicted octanol–water partition coefficient (Wildman–Crippen LogP) is 2.36. The van der Waals surface area contributed by atoms with Gasteiger partial charge in [-0.25, -0.2) is 0 Å². The van der Waals surface area contributed by atoms with Gasteiger partial charge in [-0.1, -0.05) is 6.07 Å². The van der Waals surface area contributed by atoms with Crippen LogP contribution in [0.4, 0.5) is 0 Å². The van der Waals surface area contributed by atoms with Crippen molar-refractivity contribution < 1.29 is 19.4 Å². The maximum absolute atomic E-state index is 13.1. The number of aliphatic hydroxyl groups is 1. The zero-order valence-electron chi connectivity index (χ0n) is 15.9. The molecule has 27 heavy (non-hydrogen) atoms. The third-order valence-electron chi connectivity index (χ3n) is 5.78. The van der Waals surface area contributed by atoms with Crippen LogP contribution in [0.5, 0.6) is 11.5 Å². The molecule has 0 radical (unpaired) electrons. The molecule has 2 aliphatic heterocycles. The number of likely N-dealkylation sites (tertiary alicyclic amines) is 1. The first-order chi connectivity index (χ1) is 13.3. The van der Waals surface area contributed by atoms with Gasteiger partial charge in [0.05, 0.1) is 12.6 Å². The highest BCUT2D eigenvalue weighted by Gasteiger charge is 2.35. The average molecular weight is 374 g/mol. The maximum Gasteiger partial charge on any atom is 0.237 e. The summed E-state index contributed by atoms with van der Waals surface area (Å²) < 4.78 is 11.3. The quantitative estimate of drug-likeness (QED) is 0.708. The second-order valence-corrected chi connectivity index (χ2v) is 7.78. The van der Waals surface area contributed by atoms with Gasteiger partial charge in [0.1, 0.15) is 13.2 Å². The fourth-order valence-corrected chi connectivity index (χ4v) is 4.20. The van der Waals surface area contributed by atoms with Crippen LogP contribution < -0.4 is 9.47 Å². The van der Waals surface area contributed by atoms with Gasteiger partial charge in [-0.05, 0) is 62.8 Å². The number of hydrogen-bond donors (Lipinski definition) is 1. The summed E-state index contributed by atoms with van der Waals surface area (Å²) in [5.41, 5.74) is 1.14. The van der Waals surface area contributed by atoms with E-state index >= 15 is 0 Å². The number of fused-ring (bicyclic) bond motifs is 1. The van der Waals surface area contributed by atoms with E-state index in [0.29, 0.717) is 25.8 Å². The minimum Gasteiger partial charge on any atom is -0.486 e. The van der Waals surface area contributed by atoms with Crippen molar-refractivity contribution in [3.05, 3.63) is 23.8 Å². The Hall–Kier alpha value is -1.79. The van der Waals surface area contributed by atoms with Gasteiger partial charge in [0, 0.05) is 19.2 Å². The molecule has 1 saturated carbocycles. The molecule has 1 unspecified atom stereocenters. The first-order valence-corrected chi connectivity index (χ1v) is 10.3. The number of ether oxygens (including phenoxy) is 2. The number of amides is 1. The van der Waals surface area contributed by atoms with Crippen molar-refractivity contribution in [3.8, 4) is 11.5 Å². The van der Waals surface area contributed by atoms with Crippen molar-refractivity contribution in [2.24, 2.45) is 0 Å². The summed E-state index contributed by atoms with van der Waals surface area (Å²) in [6, 6.07) is 6.78. The number of carbonyl (C=O) groups excluding carboxylic acids is 1. The van der Waals surface area contributed by atoms with Crippen molar-refractivity contribution >= 4 is 5.91 Å². The van der Waals surface area contributed by atoms with Crippen molar-refractivity contribution in [2.75, 3.05) is 39.5 Å². The molecule has 2 fully saturated rings. The van der Waals surface area contributed by atoms with Crippen LogP contribution in [0.3, 0.4) is 0 Å². The van der Waals surface area contributed by atoms with E-state index in [-0.39, 0.29) is 18.6 Å². The predicted molar refractivity (Wildman–Crippen MR) is 102 cm³/mol. The number of unbranched alkanes of at least 4 members (excludes halogenated alkanes) is 1. The van der Waals surface area contributed by atoms with Gasteiger partial charge in [0.2, 0.25) is 5.91 Å². The van der Waals surface area contributed by atoms with Crippen molar-refractivity contribution in [1.29, 1.82) is 0 Å². The minimum atomic E-state index is 0.131. The van der Waals surface area contributed by atoms with E-state index in [9.17, 15) is 4.79 Å². The lowest BCUT2D eigenvalue weighted by atomic mass is 10.0. The number of hydrogen-bond acceptors (Lipinski definition) is 5. The molecule has 1 saturated heterocycles. The summed E-state index contributed by atoms with van der Waals surface area (Å²) in [6.45, 7) is 3.62. The molecule has 0 bridgehead atoms. The van der Waals surface area contributed by atoms with E-state index in [0.717, 1.165) is 55.8 Å². The summed E-state index contributed by atoms with van der Waals surface area (Å²) in [5, 5.41) is 9.02. The van der Waals surface area contributed by atoms with E-state index in [2.05, 4.69) is 11.0 Å². The Labute approximate surface area is 161 Å². The molecule has 0 aromatic heterocycles. The number of aliphatic hydroxyl groups excluding tert-OH is 1. The zero-order chi connectivity index (χ0) is 18.6. The van der Waals surface area contributed by atoms with E-state index in [4.69, 9.17) is 14.6 Å². The monoisotopic (exact) mass is 374 g/mol. The number of benzene rings is 1. The van der Waals surface area contributed by atoms with Crippen molar-refractivity contribution in [2.45, 2.75) is 50.6 Å². The first kappa shape index (κ1) is 18.6. The summed E-state index contributed by atoms with van der Waals surface area (Å²) in [7, 11) is 0. The summed E-state index contributed by atoms with van der Waals surface area (Å²) in [6.07, 6.45) is 6.18. The lowest BCUT2D eigenvalue weighted by molar-refractivity contribution is -0.133. The van der Waals surface area contributed by atoms with E-state index < -0.39 is 0 Å². The Bertz CT molecular complexity index is 662. The smallest absolute Gasteiger partial charge is 0.237 e. The normalized spacial score (nSPS) is 21.7. The standard InChI is InChI=1S/C21H30N2O4/c24-11-2-1-9-22(17-6-7-17)15-21(25)23-10-3-4-18(23)16-5-8-19-20(14-16)27-13-12-26-19/h5,8,14,17-18,24H,1-4,6-7,9-13,15H2. The number of carbonyl (C=O) groups is 1. The molecule has 4 rings (SSSR count). The number of nitrogens with zero attached hydrogens (tertiary/aromatic N) is 2. The molecule has 148 valence electrons. The van der Waals surface area contributed by atoms with Crippen molar-refractivity contribution in [1.82, 2.24) is 9.80 Å². The van der Waals surface area contributed by atoms with Crippen LogP contribution in [-0.2, 0) is 4.79 Å². The lowest BCUT2D eigenvalue weighted by Crippen LogP contribution is -2.41. The highest BCUT2D eigenvalue weighted by molar-refractivity contribution is 5.79. The molecule has 2 heterocycles. The molecule has 1 aromatic rings. The third kappa shape index (κ3) is 4.38. The Balaban J connectivity index is 1.42. The third-order valence-corrected chi connectivity index (χ3v) is 5.78. The van der Waals surface area contributed by atoms with Crippen LogP contribution in [0, 0.1) is 0 Å². The fraction of sp³-hybridized carbons (Fsp3) is 0.667. The highest BCUT2D eigenvalue weighted by atomic mass is 16.6. The molecular formula is C21H30N2O4. The molecule has 6 heteroatoms. The lowest BCUT2D eigenvalue weighted by Gasteiger charge is -2.29. The van der Waals surface area contributed by atoms with Crippen LogP contribution in [0.15, 0.2) is 18.2 Å². The summed E-state index contributed by atoms with van der Waals surface area (Å²) >= 11 is 0. The van der Waals surface area contributed by atoms with Crippen molar-refractivity contribution in [3.63, 3.8) is 0 Å². The molecule has 3 aliphatic rings. The van der Waals surface area contributed by atoms with E-state index in [1.165, 1.54) is 12.8 Å². The minimum absolute atomic E-state index is 0.131. The molecule has 1 aromatic carbocycles. The fourth-order valence-electron chi connectivity index (χ4n) is 4.20. The van der Waals surface area contributed by atoms with Crippen LogP contribution in [0.2, 0.25) is 0 Å². The molecule has 6 nitrogen and oxygen atoms in total. The SMILES string of the molecule is O=C(CN(CCCCO)C1CC1)N1CCCC1c1ccc2c(c1)OCCO2. The molecule has 1 amide bonds. The van der Waals surface area contributed by atoms with Gasteiger partial charge in [-0.15, -0.1) is 0 Å². The molecule has 1 atom stereocenters. The average Bonchev–Trinajstić information content (AvgIpc) is 3.42. The second kappa shape index (κ2) is 8.48. The number of rotatable bonds is 8. The Kier molecular flexibility index (Phi) is 5.83. The summed E-state index contributed by atoms with van der Waals surface area (Å²) in [4.78, 5) is 17.4. The van der Waals surface area contributed by atoms with Gasteiger partial charge in [0.15, 0.2) is 11.5 Å².